The van der Waals surface area contributed by atoms with Crippen molar-refractivity contribution in [3.63, 3.8) is 0 Å². The third-order valence-electron chi connectivity index (χ3n) is 4.10. The molecular weight excluding hydrogens is 332 g/mol. The summed E-state index contributed by atoms with van der Waals surface area (Å²) in [5.74, 6) is -0.108. The number of H-pyrrole nitrogens is 1. The lowest BCUT2D eigenvalue weighted by molar-refractivity contribution is 0.0140. The molecule has 2 amide bonds. The summed E-state index contributed by atoms with van der Waals surface area (Å²) in [4.78, 5) is 28.1. The van der Waals surface area contributed by atoms with E-state index in [1.54, 1.807) is 15.9 Å². The third-order valence-corrected chi connectivity index (χ3v) is 4.10. The Morgan fingerprint density at radius 1 is 1.04 bits per heavy atom. The molecule has 1 fully saturated rings. The molecule has 0 radical (unpaired) electrons. The summed E-state index contributed by atoms with van der Waals surface area (Å²) in [6.45, 7) is 7.38. The first-order chi connectivity index (χ1) is 12.3. The largest absolute Gasteiger partial charge is 0.444 e. The molecule has 3 rings (SSSR count). The Kier molecular flexibility index (Phi) is 4.97. The van der Waals surface area contributed by atoms with Gasteiger partial charge in [0.1, 0.15) is 11.3 Å². The van der Waals surface area contributed by atoms with Gasteiger partial charge >= 0.3 is 6.09 Å². The first-order valence-corrected chi connectivity index (χ1v) is 8.71. The molecule has 2 heterocycles. The van der Waals surface area contributed by atoms with Gasteiger partial charge in [-0.25, -0.2) is 4.79 Å². The van der Waals surface area contributed by atoms with Crippen LogP contribution < -0.4 is 0 Å². The standard InChI is InChI=1S/C19H24N4O3/c1-19(2,3)26-18(25)23-11-9-22(10-12-23)17(24)16-13-15(20-21-16)14-7-5-4-6-8-14/h4-8,13H,9-12H2,1-3H3,(H,20,21). The van der Waals surface area contributed by atoms with E-state index < -0.39 is 5.60 Å². The Morgan fingerprint density at radius 3 is 2.27 bits per heavy atom. The van der Waals surface area contributed by atoms with Gasteiger partial charge in [0.05, 0.1) is 5.69 Å². The van der Waals surface area contributed by atoms with Crippen LogP contribution in [0, 0.1) is 0 Å². The smallest absolute Gasteiger partial charge is 0.410 e. The number of hydrogen-bond donors (Lipinski definition) is 1. The molecular formula is C19H24N4O3. The highest BCUT2D eigenvalue weighted by Crippen LogP contribution is 2.18. The maximum atomic E-state index is 12.7. The van der Waals surface area contributed by atoms with Crippen LogP contribution in [0.4, 0.5) is 4.79 Å². The van der Waals surface area contributed by atoms with Gasteiger partial charge in [-0.3, -0.25) is 9.89 Å². The van der Waals surface area contributed by atoms with E-state index in [1.807, 2.05) is 51.1 Å². The second kappa shape index (κ2) is 7.19. The summed E-state index contributed by atoms with van der Waals surface area (Å²) in [6, 6.07) is 11.5. The Morgan fingerprint density at radius 2 is 1.65 bits per heavy atom. The first kappa shape index (κ1) is 18.0. The molecule has 138 valence electrons. The molecule has 0 bridgehead atoms. The highest BCUT2D eigenvalue weighted by atomic mass is 16.6. The summed E-state index contributed by atoms with van der Waals surface area (Å²) in [7, 11) is 0. The Hall–Kier alpha value is -2.83. The van der Waals surface area contributed by atoms with Crippen molar-refractivity contribution in [3.8, 4) is 11.3 Å². The number of nitrogens with zero attached hydrogens (tertiary/aromatic N) is 3. The molecule has 1 N–H and O–H groups in total. The van der Waals surface area contributed by atoms with Crippen molar-refractivity contribution in [2.75, 3.05) is 26.2 Å². The van der Waals surface area contributed by atoms with Gasteiger partial charge in [-0.1, -0.05) is 30.3 Å². The molecule has 2 aromatic rings. The highest BCUT2D eigenvalue weighted by molar-refractivity contribution is 5.93. The van der Waals surface area contributed by atoms with Crippen molar-refractivity contribution in [1.82, 2.24) is 20.0 Å². The van der Waals surface area contributed by atoms with Crippen molar-refractivity contribution in [3.05, 3.63) is 42.1 Å². The predicted molar refractivity (Wildman–Crippen MR) is 97.7 cm³/mol. The predicted octanol–water partition coefficient (Wildman–Crippen LogP) is 2.77. The first-order valence-electron chi connectivity index (χ1n) is 8.71. The van der Waals surface area contributed by atoms with E-state index in [1.165, 1.54) is 0 Å². The van der Waals surface area contributed by atoms with E-state index in [2.05, 4.69) is 10.2 Å². The third kappa shape index (κ3) is 4.22. The van der Waals surface area contributed by atoms with Crippen LogP contribution in [-0.4, -0.2) is 63.8 Å². The van der Waals surface area contributed by atoms with Crippen molar-refractivity contribution >= 4 is 12.0 Å². The fourth-order valence-electron chi connectivity index (χ4n) is 2.78. The van der Waals surface area contributed by atoms with Crippen LogP contribution in [-0.2, 0) is 4.74 Å². The average molecular weight is 356 g/mol. The zero-order chi connectivity index (χ0) is 18.7. The molecule has 0 spiro atoms. The van der Waals surface area contributed by atoms with Crippen molar-refractivity contribution < 1.29 is 14.3 Å². The van der Waals surface area contributed by atoms with E-state index >= 15 is 0 Å². The second-order valence-electron chi connectivity index (χ2n) is 7.29. The van der Waals surface area contributed by atoms with Gasteiger partial charge in [0.2, 0.25) is 0 Å². The number of aromatic amines is 1. The minimum absolute atomic E-state index is 0.108. The maximum Gasteiger partial charge on any atom is 0.410 e. The number of piperazine rings is 1. The molecule has 0 unspecified atom stereocenters. The van der Waals surface area contributed by atoms with Gasteiger partial charge < -0.3 is 14.5 Å². The second-order valence-corrected chi connectivity index (χ2v) is 7.29. The summed E-state index contributed by atoms with van der Waals surface area (Å²) in [5, 5.41) is 7.05. The number of benzene rings is 1. The number of hydrogen-bond acceptors (Lipinski definition) is 4. The molecule has 0 atom stereocenters. The van der Waals surface area contributed by atoms with Gasteiger partial charge in [-0.05, 0) is 26.8 Å². The maximum absolute atomic E-state index is 12.7. The van der Waals surface area contributed by atoms with E-state index in [9.17, 15) is 9.59 Å². The molecule has 7 heteroatoms. The van der Waals surface area contributed by atoms with Crippen LogP contribution in [0.3, 0.4) is 0 Å². The normalized spacial score (nSPS) is 15.0. The lowest BCUT2D eigenvalue weighted by Crippen LogP contribution is -2.51. The number of nitrogens with one attached hydrogen (secondary N) is 1. The van der Waals surface area contributed by atoms with E-state index in [0.717, 1.165) is 11.3 Å². The quantitative estimate of drug-likeness (QED) is 0.897. The number of amides is 2. The van der Waals surface area contributed by atoms with Crippen molar-refractivity contribution in [1.29, 1.82) is 0 Å². The van der Waals surface area contributed by atoms with Crippen LogP contribution in [0.15, 0.2) is 36.4 Å². The number of aromatic nitrogens is 2. The van der Waals surface area contributed by atoms with E-state index in [-0.39, 0.29) is 12.0 Å². The monoisotopic (exact) mass is 356 g/mol. The molecule has 26 heavy (non-hydrogen) atoms. The minimum Gasteiger partial charge on any atom is -0.444 e. The van der Waals surface area contributed by atoms with Gasteiger partial charge in [-0.2, -0.15) is 5.10 Å². The number of carbonyl (C=O) groups is 2. The zero-order valence-electron chi connectivity index (χ0n) is 15.4. The fraction of sp³-hybridized carbons (Fsp3) is 0.421. The van der Waals surface area contributed by atoms with Crippen LogP contribution in [0.25, 0.3) is 11.3 Å². The molecule has 0 aliphatic carbocycles. The van der Waals surface area contributed by atoms with Crippen LogP contribution in [0.2, 0.25) is 0 Å². The molecule has 1 aliphatic rings. The minimum atomic E-state index is -0.520. The summed E-state index contributed by atoms with van der Waals surface area (Å²) >= 11 is 0. The van der Waals surface area contributed by atoms with Gasteiger partial charge in [0, 0.05) is 31.7 Å². The fourth-order valence-corrected chi connectivity index (χ4v) is 2.78. The SMILES string of the molecule is CC(C)(C)OC(=O)N1CCN(C(=O)c2cc(-c3ccccc3)n[nH]2)CC1. The number of carbonyl (C=O) groups excluding carboxylic acids is 2. The van der Waals surface area contributed by atoms with Crippen LogP contribution >= 0.6 is 0 Å². The van der Waals surface area contributed by atoms with E-state index in [0.29, 0.717) is 31.9 Å². The van der Waals surface area contributed by atoms with Crippen molar-refractivity contribution in [2.24, 2.45) is 0 Å². The van der Waals surface area contributed by atoms with Crippen LogP contribution in [0.5, 0.6) is 0 Å². The molecule has 0 saturated carbocycles. The van der Waals surface area contributed by atoms with Gasteiger partial charge in [0.15, 0.2) is 0 Å². The number of rotatable bonds is 2. The topological polar surface area (TPSA) is 78.5 Å². The Labute approximate surface area is 152 Å². The summed E-state index contributed by atoms with van der Waals surface area (Å²) < 4.78 is 5.38. The molecule has 1 saturated heterocycles. The Balaban J connectivity index is 1.59. The average Bonchev–Trinajstić information content (AvgIpc) is 3.11. The highest BCUT2D eigenvalue weighted by Gasteiger charge is 2.28. The lowest BCUT2D eigenvalue weighted by Gasteiger charge is -2.35. The lowest BCUT2D eigenvalue weighted by atomic mass is 10.1. The molecule has 7 nitrogen and oxygen atoms in total. The van der Waals surface area contributed by atoms with Gasteiger partial charge in [-0.15, -0.1) is 0 Å². The molecule has 1 aromatic carbocycles. The summed E-state index contributed by atoms with van der Waals surface area (Å²) in [5.41, 5.74) is 1.63. The molecule has 1 aromatic heterocycles. The van der Waals surface area contributed by atoms with Gasteiger partial charge in [0.25, 0.3) is 5.91 Å². The van der Waals surface area contributed by atoms with E-state index in [4.69, 9.17) is 4.74 Å². The van der Waals surface area contributed by atoms with Crippen molar-refractivity contribution in [2.45, 2.75) is 26.4 Å². The Bertz CT molecular complexity index is 772. The number of ether oxygens (including phenoxy) is 1. The summed E-state index contributed by atoms with van der Waals surface area (Å²) in [6.07, 6.45) is -0.336. The molecule has 1 aliphatic heterocycles. The zero-order valence-corrected chi connectivity index (χ0v) is 15.4. The van der Waals surface area contributed by atoms with Crippen LogP contribution in [0.1, 0.15) is 31.3 Å².